The molecule has 0 fully saturated rings. The number of nitrogens with zero attached hydrogens (tertiary/aromatic N) is 1. The number of amides is 1. The van der Waals surface area contributed by atoms with Gasteiger partial charge in [-0.3, -0.25) is 9.59 Å². The lowest BCUT2D eigenvalue weighted by Crippen LogP contribution is -2.45. The fraction of sp³-hybridized carbons (Fsp3) is 0.333. The van der Waals surface area contributed by atoms with Crippen LogP contribution >= 0.6 is 0 Å². The number of hydrogen-bond acceptors (Lipinski definition) is 3. The summed E-state index contributed by atoms with van der Waals surface area (Å²) in [5, 5.41) is 8.75. The van der Waals surface area contributed by atoms with E-state index in [0.29, 0.717) is 30.8 Å². The Labute approximate surface area is 212 Å². The molecule has 0 aromatic heterocycles. The van der Waals surface area contributed by atoms with Crippen molar-refractivity contribution >= 4 is 11.9 Å². The monoisotopic (exact) mass is 491 g/mol. The summed E-state index contributed by atoms with van der Waals surface area (Å²) in [5.41, 5.74) is 3.17. The number of carbonyl (C=O) groups is 2. The summed E-state index contributed by atoms with van der Waals surface area (Å²) in [7, 11) is 0. The molecule has 36 heavy (non-hydrogen) atoms. The number of carboxylic acids is 1. The highest BCUT2D eigenvalue weighted by atomic mass is 19.1. The summed E-state index contributed by atoms with van der Waals surface area (Å²) in [5.74, 6) is -2.44. The second-order valence-electron chi connectivity index (χ2n) is 8.99. The van der Waals surface area contributed by atoms with E-state index in [2.05, 4.69) is 0 Å². The van der Waals surface area contributed by atoms with Gasteiger partial charge in [-0.2, -0.15) is 0 Å². The van der Waals surface area contributed by atoms with Gasteiger partial charge in [-0.15, -0.1) is 0 Å². The van der Waals surface area contributed by atoms with Crippen LogP contribution < -0.4 is 4.74 Å². The molecule has 0 bridgehead atoms. The minimum Gasteiger partial charge on any atom is -0.493 e. The SMILES string of the molecule is CCC(C)(F)N(Cc1ccccc1OCCCCCC(=O)O)C(=O)c1ccc(-c2ccccc2)cc1. The number of halogens is 1. The molecule has 3 aromatic rings. The number of carbonyl (C=O) groups excluding carboxylic acids is 1. The highest BCUT2D eigenvalue weighted by Crippen LogP contribution is 2.30. The van der Waals surface area contributed by atoms with Crippen LogP contribution in [0.3, 0.4) is 0 Å². The van der Waals surface area contributed by atoms with Crippen molar-refractivity contribution in [3.63, 3.8) is 0 Å². The smallest absolute Gasteiger partial charge is 0.303 e. The van der Waals surface area contributed by atoms with Crippen LogP contribution in [0.2, 0.25) is 0 Å². The van der Waals surface area contributed by atoms with Crippen molar-refractivity contribution in [1.82, 2.24) is 4.90 Å². The first-order valence-corrected chi connectivity index (χ1v) is 12.4. The third-order valence-corrected chi connectivity index (χ3v) is 6.29. The van der Waals surface area contributed by atoms with Gasteiger partial charge in [0.25, 0.3) is 5.91 Å². The van der Waals surface area contributed by atoms with E-state index in [1.165, 1.54) is 11.8 Å². The van der Waals surface area contributed by atoms with Crippen LogP contribution in [0.5, 0.6) is 5.75 Å². The van der Waals surface area contributed by atoms with E-state index in [-0.39, 0.29) is 25.3 Å². The quantitative estimate of drug-likeness (QED) is 0.204. The fourth-order valence-corrected chi connectivity index (χ4v) is 3.91. The average Bonchev–Trinajstić information content (AvgIpc) is 2.90. The Hall–Kier alpha value is -3.67. The minimum atomic E-state index is -1.85. The van der Waals surface area contributed by atoms with Crippen molar-refractivity contribution in [2.75, 3.05) is 6.61 Å². The van der Waals surface area contributed by atoms with Gasteiger partial charge in [-0.25, -0.2) is 4.39 Å². The van der Waals surface area contributed by atoms with Crippen LogP contribution in [0.1, 0.15) is 61.9 Å². The zero-order chi connectivity index (χ0) is 26.0. The maximum Gasteiger partial charge on any atom is 0.303 e. The summed E-state index contributed by atoms with van der Waals surface area (Å²) >= 11 is 0. The first kappa shape index (κ1) is 26.9. The number of alkyl halides is 1. The zero-order valence-corrected chi connectivity index (χ0v) is 21.0. The molecule has 0 aliphatic rings. The summed E-state index contributed by atoms with van der Waals surface area (Å²) in [6.07, 6.45) is 2.35. The summed E-state index contributed by atoms with van der Waals surface area (Å²) < 4.78 is 21.6. The number of aliphatic carboxylic acids is 1. The molecule has 6 heteroatoms. The molecule has 0 spiro atoms. The third kappa shape index (κ3) is 7.41. The lowest BCUT2D eigenvalue weighted by molar-refractivity contribution is -0.137. The third-order valence-electron chi connectivity index (χ3n) is 6.29. The maximum absolute atomic E-state index is 15.7. The fourth-order valence-electron chi connectivity index (χ4n) is 3.91. The first-order valence-electron chi connectivity index (χ1n) is 12.4. The molecule has 0 radical (unpaired) electrons. The number of hydrogen-bond donors (Lipinski definition) is 1. The number of carboxylic acid groups (broad SMARTS) is 1. The number of para-hydroxylation sites is 1. The maximum atomic E-state index is 15.7. The molecule has 0 saturated carbocycles. The van der Waals surface area contributed by atoms with Gasteiger partial charge in [-0.1, -0.05) is 67.6 Å². The van der Waals surface area contributed by atoms with Crippen molar-refractivity contribution in [1.29, 1.82) is 0 Å². The molecule has 0 aliphatic heterocycles. The molecule has 1 N–H and O–H groups in total. The Morgan fingerprint density at radius 2 is 1.53 bits per heavy atom. The van der Waals surface area contributed by atoms with Gasteiger partial charge in [0, 0.05) is 17.5 Å². The zero-order valence-electron chi connectivity index (χ0n) is 21.0. The molecule has 3 aromatic carbocycles. The van der Waals surface area contributed by atoms with Crippen molar-refractivity contribution < 1.29 is 23.8 Å². The highest BCUT2D eigenvalue weighted by molar-refractivity contribution is 5.95. The van der Waals surface area contributed by atoms with Crippen LogP contribution in [-0.2, 0) is 11.3 Å². The van der Waals surface area contributed by atoms with Gasteiger partial charge < -0.3 is 14.7 Å². The molecular weight excluding hydrogens is 457 g/mol. The number of benzene rings is 3. The standard InChI is InChI=1S/C30H34FNO4/c1-3-30(2,31)32(29(35)25-19-17-24(18-20-25)23-12-6-4-7-13-23)22-26-14-9-10-15-27(26)36-21-11-5-8-16-28(33)34/h4,6-7,9-10,12-15,17-20H,3,5,8,11,16,21-22H2,1-2H3,(H,33,34). The second kappa shape index (κ2) is 12.9. The topological polar surface area (TPSA) is 66.8 Å². The van der Waals surface area contributed by atoms with Crippen LogP contribution in [0.25, 0.3) is 11.1 Å². The van der Waals surface area contributed by atoms with E-state index >= 15 is 4.39 Å². The van der Waals surface area contributed by atoms with Crippen LogP contribution in [0.4, 0.5) is 4.39 Å². The van der Waals surface area contributed by atoms with Gasteiger partial charge in [-0.05, 0) is 61.9 Å². The van der Waals surface area contributed by atoms with Gasteiger partial charge in [0.1, 0.15) is 5.75 Å². The van der Waals surface area contributed by atoms with E-state index in [4.69, 9.17) is 9.84 Å². The summed E-state index contributed by atoms with van der Waals surface area (Å²) in [4.78, 5) is 25.4. The lowest BCUT2D eigenvalue weighted by atomic mass is 10.0. The van der Waals surface area contributed by atoms with Gasteiger partial charge in [0.05, 0.1) is 13.2 Å². The minimum absolute atomic E-state index is 0.0648. The summed E-state index contributed by atoms with van der Waals surface area (Å²) in [6.45, 7) is 3.63. The van der Waals surface area contributed by atoms with Crippen LogP contribution in [0, 0.1) is 0 Å². The van der Waals surface area contributed by atoms with Gasteiger partial charge in [0.15, 0.2) is 5.79 Å². The van der Waals surface area contributed by atoms with Crippen LogP contribution in [-0.4, -0.2) is 34.3 Å². The number of rotatable bonds is 13. The second-order valence-corrected chi connectivity index (χ2v) is 8.99. The van der Waals surface area contributed by atoms with Gasteiger partial charge in [0.2, 0.25) is 0 Å². The molecule has 1 unspecified atom stereocenters. The van der Waals surface area contributed by atoms with Gasteiger partial charge >= 0.3 is 5.97 Å². The molecule has 0 saturated heterocycles. The molecule has 5 nitrogen and oxygen atoms in total. The molecule has 0 heterocycles. The molecule has 0 aliphatic carbocycles. The highest BCUT2D eigenvalue weighted by Gasteiger charge is 2.34. The first-order chi connectivity index (χ1) is 17.3. The van der Waals surface area contributed by atoms with Crippen LogP contribution in [0.15, 0.2) is 78.9 Å². The lowest BCUT2D eigenvalue weighted by Gasteiger charge is -2.35. The Morgan fingerprint density at radius 3 is 2.19 bits per heavy atom. The van der Waals surface area contributed by atoms with E-state index < -0.39 is 11.8 Å². The number of ether oxygens (including phenoxy) is 1. The van der Waals surface area contributed by atoms with Crippen molar-refractivity contribution in [2.45, 2.75) is 58.3 Å². The average molecular weight is 492 g/mol. The predicted molar refractivity (Wildman–Crippen MR) is 140 cm³/mol. The number of unbranched alkanes of at least 4 members (excludes halogenated alkanes) is 2. The molecule has 1 amide bonds. The Bertz CT molecular complexity index is 1130. The van der Waals surface area contributed by atoms with E-state index in [1.54, 1.807) is 19.1 Å². The van der Waals surface area contributed by atoms with E-state index in [9.17, 15) is 9.59 Å². The van der Waals surface area contributed by atoms with Crippen molar-refractivity contribution in [3.05, 3.63) is 90.0 Å². The van der Waals surface area contributed by atoms with E-state index in [1.807, 2.05) is 66.7 Å². The normalized spacial score (nSPS) is 12.5. The molecule has 190 valence electrons. The van der Waals surface area contributed by atoms with Crippen molar-refractivity contribution in [2.24, 2.45) is 0 Å². The van der Waals surface area contributed by atoms with Crippen molar-refractivity contribution in [3.8, 4) is 16.9 Å². The van der Waals surface area contributed by atoms with E-state index in [0.717, 1.165) is 23.1 Å². The predicted octanol–water partition coefficient (Wildman–Crippen LogP) is 7.12. The largest absolute Gasteiger partial charge is 0.493 e. The molecule has 1 atom stereocenters. The Morgan fingerprint density at radius 1 is 0.889 bits per heavy atom. The Kier molecular flexibility index (Phi) is 9.62. The molecular formula is C30H34FNO4. The Balaban J connectivity index is 1.74. The molecule has 3 rings (SSSR count). The summed E-state index contributed by atoms with van der Waals surface area (Å²) in [6, 6.07) is 24.4.